The number of carbonyl (C=O) groups excluding carboxylic acids is 1. The van der Waals surface area contributed by atoms with Crippen LogP contribution in [0.4, 0.5) is 0 Å². The molecule has 0 bridgehead atoms. The third kappa shape index (κ3) is 2.66. The summed E-state index contributed by atoms with van der Waals surface area (Å²) in [5, 5.41) is 0. The van der Waals surface area contributed by atoms with E-state index in [1.165, 1.54) is 7.11 Å². The molecule has 0 aliphatic carbocycles. The van der Waals surface area contributed by atoms with Crippen molar-refractivity contribution in [2.45, 2.75) is 17.9 Å². The summed E-state index contributed by atoms with van der Waals surface area (Å²) >= 11 is 3.13. The van der Waals surface area contributed by atoms with Gasteiger partial charge in [-0.05, 0) is 6.92 Å². The van der Waals surface area contributed by atoms with Gasteiger partial charge >= 0.3 is 5.97 Å². The summed E-state index contributed by atoms with van der Waals surface area (Å²) in [6.07, 6.45) is -0.160. The molecule has 0 aromatic heterocycles. The van der Waals surface area contributed by atoms with Crippen LogP contribution in [-0.2, 0) is 14.3 Å². The van der Waals surface area contributed by atoms with Gasteiger partial charge in [0.15, 0.2) is 0 Å². The molecule has 0 radical (unpaired) electrons. The molecule has 0 aromatic rings. The Kier molecular flexibility index (Phi) is 4.64. The number of carbonyl (C=O) groups is 1. The molecule has 0 aliphatic rings. The van der Waals surface area contributed by atoms with Gasteiger partial charge in [0.25, 0.3) is 0 Å². The lowest BCUT2D eigenvalue weighted by atomic mass is 10.3. The lowest BCUT2D eigenvalue weighted by Crippen LogP contribution is -2.28. The molecular weight excluding hydrogens is 200 g/mol. The predicted molar refractivity (Wildman–Crippen MR) is 41.2 cm³/mol. The first kappa shape index (κ1) is 9.91. The van der Waals surface area contributed by atoms with E-state index in [-0.39, 0.29) is 16.9 Å². The molecular formula is C6H11BrO3. The van der Waals surface area contributed by atoms with Crippen LogP contribution in [0.1, 0.15) is 6.92 Å². The van der Waals surface area contributed by atoms with Crippen molar-refractivity contribution in [1.29, 1.82) is 0 Å². The molecule has 60 valence electrons. The Morgan fingerprint density at radius 2 is 2.00 bits per heavy atom. The number of methoxy groups -OCH3 is 2. The molecule has 0 saturated carbocycles. The maximum absolute atomic E-state index is 10.8. The Labute approximate surface area is 68.8 Å². The van der Waals surface area contributed by atoms with E-state index in [1.807, 2.05) is 0 Å². The van der Waals surface area contributed by atoms with Crippen LogP contribution in [0.15, 0.2) is 0 Å². The minimum Gasteiger partial charge on any atom is -0.468 e. The van der Waals surface area contributed by atoms with Crippen molar-refractivity contribution in [2.75, 3.05) is 14.2 Å². The van der Waals surface area contributed by atoms with Crippen molar-refractivity contribution in [2.24, 2.45) is 0 Å². The molecule has 3 nitrogen and oxygen atoms in total. The predicted octanol–water partition coefficient (Wildman–Crippen LogP) is 0.958. The summed E-state index contributed by atoms with van der Waals surface area (Å²) < 4.78 is 9.36. The number of alkyl halides is 1. The van der Waals surface area contributed by atoms with Crippen LogP contribution in [0.5, 0.6) is 0 Å². The van der Waals surface area contributed by atoms with E-state index in [0.717, 1.165) is 0 Å². The first-order valence-electron chi connectivity index (χ1n) is 2.88. The van der Waals surface area contributed by atoms with Crippen molar-refractivity contribution in [1.82, 2.24) is 0 Å². The normalized spacial score (nSPS) is 16.0. The summed E-state index contributed by atoms with van der Waals surface area (Å²) in [6.45, 7) is 1.79. The Balaban J connectivity index is 3.81. The van der Waals surface area contributed by atoms with Crippen LogP contribution in [0.3, 0.4) is 0 Å². The SMILES string of the molecule is COC(=O)[C@@H](Br)[C@H](C)OC. The molecule has 0 unspecified atom stereocenters. The Morgan fingerprint density at radius 3 is 2.30 bits per heavy atom. The zero-order valence-corrected chi connectivity index (χ0v) is 7.84. The molecule has 10 heavy (non-hydrogen) atoms. The molecule has 0 fully saturated rings. The van der Waals surface area contributed by atoms with Gasteiger partial charge in [-0.1, -0.05) is 15.9 Å². The Morgan fingerprint density at radius 1 is 1.50 bits per heavy atom. The monoisotopic (exact) mass is 210 g/mol. The maximum Gasteiger partial charge on any atom is 0.322 e. The highest BCUT2D eigenvalue weighted by Gasteiger charge is 2.21. The highest BCUT2D eigenvalue weighted by Crippen LogP contribution is 2.09. The van der Waals surface area contributed by atoms with Gasteiger partial charge in [0.1, 0.15) is 4.83 Å². The van der Waals surface area contributed by atoms with Crippen LogP contribution in [0.25, 0.3) is 0 Å². The summed E-state index contributed by atoms with van der Waals surface area (Å²) in [6, 6.07) is 0. The fraction of sp³-hybridized carbons (Fsp3) is 0.833. The number of hydrogen-bond acceptors (Lipinski definition) is 3. The van der Waals surface area contributed by atoms with Gasteiger partial charge < -0.3 is 9.47 Å². The molecule has 0 rings (SSSR count). The van der Waals surface area contributed by atoms with Gasteiger partial charge in [0, 0.05) is 7.11 Å². The van der Waals surface area contributed by atoms with E-state index < -0.39 is 0 Å². The second kappa shape index (κ2) is 4.68. The minimum absolute atomic E-state index is 0.160. The maximum atomic E-state index is 10.8. The van der Waals surface area contributed by atoms with Crippen LogP contribution in [0.2, 0.25) is 0 Å². The lowest BCUT2D eigenvalue weighted by Gasteiger charge is -2.13. The van der Waals surface area contributed by atoms with Crippen molar-refractivity contribution in [3.8, 4) is 0 Å². The molecule has 0 N–H and O–H groups in total. The van der Waals surface area contributed by atoms with Crippen LogP contribution < -0.4 is 0 Å². The molecule has 0 spiro atoms. The number of hydrogen-bond donors (Lipinski definition) is 0. The molecule has 2 atom stereocenters. The standard InChI is InChI=1S/C6H11BrO3/c1-4(9-2)5(7)6(8)10-3/h4-5H,1-3H3/t4-,5-/m0/s1. The van der Waals surface area contributed by atoms with Gasteiger partial charge in [-0.25, -0.2) is 0 Å². The summed E-state index contributed by atoms with van der Waals surface area (Å²) in [4.78, 5) is 10.4. The van der Waals surface area contributed by atoms with E-state index in [2.05, 4.69) is 20.7 Å². The molecule has 4 heteroatoms. The minimum atomic E-state index is -0.373. The third-order valence-electron chi connectivity index (χ3n) is 1.21. The highest BCUT2D eigenvalue weighted by molar-refractivity contribution is 9.10. The smallest absolute Gasteiger partial charge is 0.322 e. The summed E-state index contributed by atoms with van der Waals surface area (Å²) in [5.41, 5.74) is 0. The average Bonchev–Trinajstić information content (AvgIpc) is 2.00. The quantitative estimate of drug-likeness (QED) is 0.515. The second-order valence-electron chi connectivity index (χ2n) is 1.87. The number of esters is 1. The average molecular weight is 211 g/mol. The van der Waals surface area contributed by atoms with Gasteiger partial charge in [0.2, 0.25) is 0 Å². The van der Waals surface area contributed by atoms with Crippen molar-refractivity contribution >= 4 is 21.9 Å². The fourth-order valence-electron chi connectivity index (χ4n) is 0.424. The Hall–Kier alpha value is -0.0900. The van der Waals surface area contributed by atoms with Gasteiger partial charge in [0.05, 0.1) is 13.2 Å². The molecule has 0 saturated heterocycles. The van der Waals surface area contributed by atoms with E-state index >= 15 is 0 Å². The molecule has 0 aliphatic heterocycles. The zero-order chi connectivity index (χ0) is 8.15. The summed E-state index contributed by atoms with van der Waals surface area (Å²) in [5.74, 6) is -0.311. The molecule has 0 amide bonds. The lowest BCUT2D eigenvalue weighted by molar-refractivity contribution is -0.141. The number of rotatable bonds is 3. The fourth-order valence-corrected chi connectivity index (χ4v) is 0.826. The van der Waals surface area contributed by atoms with Crippen LogP contribution in [0, 0.1) is 0 Å². The van der Waals surface area contributed by atoms with E-state index in [0.29, 0.717) is 0 Å². The molecule has 0 aromatic carbocycles. The van der Waals surface area contributed by atoms with Crippen molar-refractivity contribution < 1.29 is 14.3 Å². The first-order valence-corrected chi connectivity index (χ1v) is 3.79. The zero-order valence-electron chi connectivity index (χ0n) is 6.26. The van der Waals surface area contributed by atoms with Gasteiger partial charge in [-0.3, -0.25) is 4.79 Å². The van der Waals surface area contributed by atoms with Crippen molar-refractivity contribution in [3.63, 3.8) is 0 Å². The topological polar surface area (TPSA) is 35.5 Å². The van der Waals surface area contributed by atoms with Crippen LogP contribution in [-0.4, -0.2) is 31.1 Å². The Bertz CT molecular complexity index is 116. The van der Waals surface area contributed by atoms with Gasteiger partial charge in [-0.2, -0.15) is 0 Å². The van der Waals surface area contributed by atoms with Crippen LogP contribution >= 0.6 is 15.9 Å². The second-order valence-corrected chi connectivity index (χ2v) is 2.85. The summed E-state index contributed by atoms with van der Waals surface area (Å²) in [7, 11) is 2.89. The van der Waals surface area contributed by atoms with Gasteiger partial charge in [-0.15, -0.1) is 0 Å². The van der Waals surface area contributed by atoms with E-state index in [9.17, 15) is 4.79 Å². The third-order valence-corrected chi connectivity index (χ3v) is 2.33. The first-order chi connectivity index (χ1) is 4.63. The van der Waals surface area contributed by atoms with E-state index in [1.54, 1.807) is 14.0 Å². The highest BCUT2D eigenvalue weighted by atomic mass is 79.9. The number of halogens is 1. The van der Waals surface area contributed by atoms with E-state index in [4.69, 9.17) is 4.74 Å². The largest absolute Gasteiger partial charge is 0.468 e. The van der Waals surface area contributed by atoms with Crippen molar-refractivity contribution in [3.05, 3.63) is 0 Å². The number of ether oxygens (including phenoxy) is 2. The molecule has 0 heterocycles.